The van der Waals surface area contributed by atoms with E-state index < -0.39 is 5.82 Å². The topological polar surface area (TPSA) is 39.1 Å². The summed E-state index contributed by atoms with van der Waals surface area (Å²) < 4.78 is 15.3. The highest BCUT2D eigenvalue weighted by molar-refractivity contribution is 6.23. The second kappa shape index (κ2) is 7.33. The quantitative estimate of drug-likeness (QED) is 0.346. The zero-order chi connectivity index (χ0) is 21.5. The molecule has 0 amide bonds. The highest BCUT2D eigenvalue weighted by Crippen LogP contribution is 2.33. The molecule has 0 fully saturated rings. The lowest BCUT2D eigenvalue weighted by Gasteiger charge is -2.10. The molecule has 150 valence electrons. The van der Waals surface area contributed by atoms with Crippen LogP contribution < -0.4 is 0 Å². The lowest BCUT2D eigenvalue weighted by molar-refractivity contribution is 0.103. The maximum absolute atomic E-state index is 13.5. The number of nitrogens with zero attached hydrogens (tertiary/aromatic N) is 1. The van der Waals surface area contributed by atoms with Crippen LogP contribution in [0.2, 0.25) is 0 Å². The molecule has 0 saturated heterocycles. The van der Waals surface area contributed by atoms with Gasteiger partial charge in [-0.3, -0.25) is 9.59 Å². The Morgan fingerprint density at radius 2 is 1.32 bits per heavy atom. The Balaban J connectivity index is 1.80. The van der Waals surface area contributed by atoms with Crippen molar-refractivity contribution in [2.45, 2.75) is 0 Å². The molecule has 0 aliphatic heterocycles. The summed E-state index contributed by atoms with van der Waals surface area (Å²) in [6, 6.07) is 25.8. The number of hydrogen-bond acceptors (Lipinski definition) is 2. The molecule has 3 nitrogen and oxygen atoms in total. The Morgan fingerprint density at radius 1 is 0.677 bits per heavy atom. The van der Waals surface area contributed by atoms with Crippen molar-refractivity contribution < 1.29 is 14.0 Å². The summed E-state index contributed by atoms with van der Waals surface area (Å²) in [5.74, 6) is -0.803. The summed E-state index contributed by atoms with van der Waals surface area (Å²) in [5, 5.41) is 1.81. The van der Waals surface area contributed by atoms with E-state index in [0.717, 1.165) is 21.8 Å². The Labute approximate surface area is 178 Å². The van der Waals surface area contributed by atoms with Gasteiger partial charge in [0.15, 0.2) is 11.6 Å². The van der Waals surface area contributed by atoms with E-state index in [1.165, 1.54) is 24.3 Å². The Hall–Kier alpha value is -4.05. The fraction of sp³-hybridized carbons (Fsp3) is 0.0370. The van der Waals surface area contributed by atoms with Crippen LogP contribution in [0.4, 0.5) is 4.39 Å². The molecule has 0 unspecified atom stereocenters. The van der Waals surface area contributed by atoms with Gasteiger partial charge in [0.2, 0.25) is 0 Å². The summed E-state index contributed by atoms with van der Waals surface area (Å²) in [6.45, 7) is 0. The Morgan fingerprint density at radius 3 is 2.06 bits per heavy atom. The second-order valence-corrected chi connectivity index (χ2v) is 7.53. The molecule has 4 aromatic carbocycles. The van der Waals surface area contributed by atoms with Crippen molar-refractivity contribution in [2.75, 3.05) is 0 Å². The average Bonchev–Trinajstić information content (AvgIpc) is 3.11. The van der Waals surface area contributed by atoms with Crippen LogP contribution in [-0.2, 0) is 7.05 Å². The van der Waals surface area contributed by atoms with E-state index in [9.17, 15) is 14.0 Å². The number of rotatable bonds is 4. The lowest BCUT2D eigenvalue weighted by Crippen LogP contribution is -2.08. The van der Waals surface area contributed by atoms with Gasteiger partial charge in [0.05, 0.1) is 5.52 Å². The predicted molar refractivity (Wildman–Crippen MR) is 120 cm³/mol. The average molecular weight is 407 g/mol. The van der Waals surface area contributed by atoms with Crippen LogP contribution in [-0.4, -0.2) is 16.1 Å². The van der Waals surface area contributed by atoms with Gasteiger partial charge in [0.25, 0.3) is 0 Å². The van der Waals surface area contributed by atoms with E-state index in [-0.39, 0.29) is 11.6 Å². The van der Waals surface area contributed by atoms with Gasteiger partial charge in [-0.05, 0) is 42.5 Å². The number of para-hydroxylation sites is 1. The van der Waals surface area contributed by atoms with Crippen molar-refractivity contribution in [3.05, 3.63) is 119 Å². The smallest absolute Gasteiger partial charge is 0.195 e. The van der Waals surface area contributed by atoms with Crippen molar-refractivity contribution in [3.63, 3.8) is 0 Å². The highest BCUT2D eigenvalue weighted by Gasteiger charge is 2.21. The van der Waals surface area contributed by atoms with Crippen molar-refractivity contribution in [2.24, 2.45) is 7.05 Å². The van der Waals surface area contributed by atoms with Crippen LogP contribution in [0.5, 0.6) is 0 Å². The number of hydrogen-bond donors (Lipinski definition) is 0. The van der Waals surface area contributed by atoms with E-state index in [1.54, 1.807) is 18.2 Å². The number of halogens is 1. The van der Waals surface area contributed by atoms with Crippen LogP contribution in [0.3, 0.4) is 0 Å². The molecule has 0 saturated carbocycles. The number of carbonyl (C=O) groups is 2. The van der Waals surface area contributed by atoms with Crippen LogP contribution in [0.1, 0.15) is 31.8 Å². The summed E-state index contributed by atoms with van der Waals surface area (Å²) in [5.41, 5.74) is 3.55. The summed E-state index contributed by atoms with van der Waals surface area (Å²) in [6.07, 6.45) is 0. The standard InChI is InChI=1S/C27H18FNO2/c1-29-24-10-6-5-9-21(24)22-15-19(26(30)18-11-13-20(28)14-12-18)16-23(25(22)29)27(31)17-7-3-2-4-8-17/h2-16H,1H3. The molecule has 31 heavy (non-hydrogen) atoms. The van der Waals surface area contributed by atoms with E-state index in [1.807, 2.05) is 60.1 Å². The van der Waals surface area contributed by atoms with Gasteiger partial charge >= 0.3 is 0 Å². The van der Waals surface area contributed by atoms with Gasteiger partial charge < -0.3 is 4.57 Å². The first-order valence-electron chi connectivity index (χ1n) is 9.96. The first-order chi connectivity index (χ1) is 15.0. The minimum atomic E-state index is -0.402. The van der Waals surface area contributed by atoms with Gasteiger partial charge in [-0.1, -0.05) is 48.5 Å². The molecular formula is C27H18FNO2. The lowest BCUT2D eigenvalue weighted by atomic mass is 9.94. The maximum Gasteiger partial charge on any atom is 0.195 e. The van der Waals surface area contributed by atoms with E-state index in [2.05, 4.69) is 0 Å². The molecule has 1 aromatic heterocycles. The molecule has 5 aromatic rings. The molecule has 5 rings (SSSR count). The molecule has 0 spiro atoms. The van der Waals surface area contributed by atoms with Crippen molar-refractivity contribution in [1.82, 2.24) is 4.57 Å². The molecule has 0 radical (unpaired) electrons. The first-order valence-corrected chi connectivity index (χ1v) is 9.96. The highest BCUT2D eigenvalue weighted by atomic mass is 19.1. The third-order valence-corrected chi connectivity index (χ3v) is 5.65. The number of carbonyl (C=O) groups excluding carboxylic acids is 2. The first kappa shape index (κ1) is 18.9. The fourth-order valence-corrected chi connectivity index (χ4v) is 4.13. The fourth-order valence-electron chi connectivity index (χ4n) is 4.13. The summed E-state index contributed by atoms with van der Waals surface area (Å²) >= 11 is 0. The molecular weight excluding hydrogens is 389 g/mol. The largest absolute Gasteiger partial charge is 0.343 e. The number of fused-ring (bicyclic) bond motifs is 3. The number of ketones is 2. The van der Waals surface area contributed by atoms with Crippen molar-refractivity contribution in [3.8, 4) is 0 Å². The van der Waals surface area contributed by atoms with E-state index >= 15 is 0 Å². The Kier molecular flexibility index (Phi) is 4.48. The van der Waals surface area contributed by atoms with Gasteiger partial charge in [0, 0.05) is 45.6 Å². The van der Waals surface area contributed by atoms with E-state index in [0.29, 0.717) is 22.3 Å². The van der Waals surface area contributed by atoms with Crippen LogP contribution >= 0.6 is 0 Å². The van der Waals surface area contributed by atoms with Gasteiger partial charge in [-0.2, -0.15) is 0 Å². The SMILES string of the molecule is Cn1c2ccccc2c2cc(C(=O)c3ccc(F)cc3)cc(C(=O)c3ccccc3)c21. The molecule has 0 N–H and O–H groups in total. The predicted octanol–water partition coefficient (Wildman–Crippen LogP) is 5.93. The third-order valence-electron chi connectivity index (χ3n) is 5.65. The molecule has 0 bridgehead atoms. The van der Waals surface area contributed by atoms with Crippen molar-refractivity contribution >= 4 is 33.4 Å². The summed E-state index contributed by atoms with van der Waals surface area (Å²) in [7, 11) is 1.92. The third kappa shape index (κ3) is 3.13. The van der Waals surface area contributed by atoms with Crippen LogP contribution in [0.25, 0.3) is 21.8 Å². The maximum atomic E-state index is 13.5. The number of aromatic nitrogens is 1. The molecule has 4 heteroatoms. The molecule has 0 atom stereocenters. The zero-order valence-corrected chi connectivity index (χ0v) is 16.8. The minimum Gasteiger partial charge on any atom is -0.343 e. The van der Waals surface area contributed by atoms with E-state index in [4.69, 9.17) is 0 Å². The number of benzene rings is 4. The molecule has 0 aliphatic carbocycles. The minimum absolute atomic E-state index is 0.148. The van der Waals surface area contributed by atoms with Gasteiger partial charge in [-0.15, -0.1) is 0 Å². The molecule has 0 aliphatic rings. The van der Waals surface area contributed by atoms with Crippen LogP contribution in [0, 0.1) is 5.82 Å². The molecule has 1 heterocycles. The van der Waals surface area contributed by atoms with Crippen molar-refractivity contribution in [1.29, 1.82) is 0 Å². The second-order valence-electron chi connectivity index (χ2n) is 7.53. The normalized spacial score (nSPS) is 11.2. The Bertz CT molecular complexity index is 1460. The number of aryl methyl sites for hydroxylation is 1. The van der Waals surface area contributed by atoms with Gasteiger partial charge in [-0.25, -0.2) is 4.39 Å². The zero-order valence-electron chi connectivity index (χ0n) is 16.8. The van der Waals surface area contributed by atoms with Crippen LogP contribution in [0.15, 0.2) is 91.0 Å². The monoisotopic (exact) mass is 407 g/mol. The summed E-state index contributed by atoms with van der Waals surface area (Å²) in [4.78, 5) is 26.7. The van der Waals surface area contributed by atoms with Gasteiger partial charge in [0.1, 0.15) is 5.82 Å².